The molecule has 4 rings (SSSR count). The molecule has 3 aromatic rings. The van der Waals surface area contributed by atoms with Gasteiger partial charge in [-0.2, -0.15) is 0 Å². The van der Waals surface area contributed by atoms with Crippen LogP contribution in [0.25, 0.3) is 0 Å². The molecule has 0 bridgehead atoms. The predicted molar refractivity (Wildman–Crippen MR) is 155 cm³/mol. The summed E-state index contributed by atoms with van der Waals surface area (Å²) in [5.41, 5.74) is 6.84. The van der Waals surface area contributed by atoms with E-state index in [1.54, 1.807) is 0 Å². The topological polar surface area (TPSA) is 111 Å². The number of nitrogens with zero attached hydrogens (tertiary/aromatic N) is 1. The Morgan fingerprint density at radius 3 is 2.42 bits per heavy atom. The first-order valence-electron chi connectivity index (χ1n) is 13.0. The molecule has 0 fully saturated rings. The van der Waals surface area contributed by atoms with Gasteiger partial charge in [-0.3, -0.25) is 10.2 Å². The molecule has 0 aliphatic carbocycles. The number of hydrogen-bond donors (Lipinski definition) is 3. The summed E-state index contributed by atoms with van der Waals surface area (Å²) < 4.78 is 23.5. The van der Waals surface area contributed by atoms with Crippen LogP contribution < -0.4 is 15.6 Å². The third-order valence-electron chi connectivity index (χ3n) is 6.55. The lowest BCUT2D eigenvalue weighted by molar-refractivity contribution is -0.131. The number of hydrogen-bond acceptors (Lipinski definition) is 8. The smallest absolute Gasteiger partial charge is 0.266 e. The van der Waals surface area contributed by atoms with Crippen molar-refractivity contribution in [1.82, 2.24) is 10.9 Å². The average Bonchev–Trinajstić information content (AvgIpc) is 3.38. The van der Waals surface area contributed by atoms with Crippen LogP contribution in [0.3, 0.4) is 0 Å². The first-order chi connectivity index (χ1) is 19.5. The Morgan fingerprint density at radius 1 is 1.05 bits per heavy atom. The number of aliphatic hydroxyl groups is 1. The lowest BCUT2D eigenvalue weighted by Crippen LogP contribution is -2.55. The zero-order chi connectivity index (χ0) is 28.4. The summed E-state index contributed by atoms with van der Waals surface area (Å²) in [5, 5.41) is 9.01. The summed E-state index contributed by atoms with van der Waals surface area (Å²) >= 11 is 3.64. The van der Waals surface area contributed by atoms with Crippen LogP contribution in [0.5, 0.6) is 5.75 Å². The number of aliphatic hydroxyl groups excluding tert-OH is 1. The van der Waals surface area contributed by atoms with E-state index in [-0.39, 0.29) is 25.5 Å². The Bertz CT molecular complexity index is 1270. The van der Waals surface area contributed by atoms with Gasteiger partial charge in [0, 0.05) is 43.7 Å². The van der Waals surface area contributed by atoms with Gasteiger partial charge in [0.05, 0.1) is 13.2 Å². The number of methoxy groups -OCH3 is 2. The van der Waals surface area contributed by atoms with Crippen LogP contribution >= 0.6 is 15.9 Å². The van der Waals surface area contributed by atoms with Crippen LogP contribution in [0.15, 0.2) is 88.3 Å². The van der Waals surface area contributed by atoms with E-state index >= 15 is 0 Å². The van der Waals surface area contributed by atoms with E-state index in [9.17, 15) is 4.79 Å². The standard InChI is InChI=1S/C30H34BrN3O6/c1-37-26(38-2)20-32-34-29(36)30(19-23-11-6-7-12-25(23)31)27(21-9-4-3-5-10-21)40-28(33-30)22-13-15-24(16-14-22)39-18-8-17-35/h3-7,9-16,26-27,32,35H,8,17-20H2,1-2H3,(H,34,36)/t27-,30-/m0/s1. The maximum Gasteiger partial charge on any atom is 0.266 e. The third-order valence-corrected chi connectivity index (χ3v) is 7.32. The van der Waals surface area contributed by atoms with Crippen molar-refractivity contribution in [2.24, 2.45) is 4.99 Å². The fourth-order valence-electron chi connectivity index (χ4n) is 4.43. The molecular formula is C30H34BrN3O6. The molecule has 1 heterocycles. The van der Waals surface area contributed by atoms with Crippen molar-refractivity contribution in [2.45, 2.75) is 30.8 Å². The molecule has 0 saturated carbocycles. The van der Waals surface area contributed by atoms with Crippen molar-refractivity contribution >= 4 is 27.7 Å². The van der Waals surface area contributed by atoms with Gasteiger partial charge in [0.15, 0.2) is 17.9 Å². The molecule has 1 aliphatic heterocycles. The molecule has 10 heteroatoms. The molecule has 0 radical (unpaired) electrons. The number of nitrogens with one attached hydrogen (secondary N) is 2. The molecule has 0 saturated heterocycles. The molecule has 1 amide bonds. The van der Waals surface area contributed by atoms with Crippen molar-refractivity contribution in [3.05, 3.63) is 100 Å². The zero-order valence-corrected chi connectivity index (χ0v) is 24.1. The second-order valence-corrected chi connectivity index (χ2v) is 10.1. The van der Waals surface area contributed by atoms with Crippen molar-refractivity contribution in [3.63, 3.8) is 0 Å². The highest BCUT2D eigenvalue weighted by atomic mass is 79.9. The summed E-state index contributed by atoms with van der Waals surface area (Å²) in [6.07, 6.45) is -0.432. The predicted octanol–water partition coefficient (Wildman–Crippen LogP) is 3.95. The number of rotatable bonds is 14. The molecular weight excluding hydrogens is 578 g/mol. The maximum atomic E-state index is 14.1. The van der Waals surface area contributed by atoms with Crippen LogP contribution in [0.1, 0.15) is 29.2 Å². The quantitative estimate of drug-likeness (QED) is 0.144. The average molecular weight is 613 g/mol. The molecule has 9 nitrogen and oxygen atoms in total. The van der Waals surface area contributed by atoms with Crippen LogP contribution in [0.4, 0.5) is 0 Å². The molecule has 1 aliphatic rings. The number of amides is 1. The van der Waals surface area contributed by atoms with E-state index in [1.807, 2.05) is 78.9 Å². The van der Waals surface area contributed by atoms with Gasteiger partial charge < -0.3 is 24.1 Å². The largest absolute Gasteiger partial charge is 0.494 e. The number of halogens is 1. The first-order valence-corrected chi connectivity index (χ1v) is 13.8. The van der Waals surface area contributed by atoms with E-state index in [1.165, 1.54) is 14.2 Å². The number of carbonyl (C=O) groups excluding carboxylic acids is 1. The Balaban J connectivity index is 1.73. The van der Waals surface area contributed by atoms with Gasteiger partial charge in [-0.15, -0.1) is 0 Å². The van der Waals surface area contributed by atoms with Gasteiger partial charge >= 0.3 is 0 Å². The second-order valence-electron chi connectivity index (χ2n) is 9.20. The van der Waals surface area contributed by atoms with Crippen molar-refractivity contribution in [3.8, 4) is 5.75 Å². The third kappa shape index (κ3) is 7.07. The fraction of sp³-hybridized carbons (Fsp3) is 0.333. The van der Waals surface area contributed by atoms with E-state index in [0.29, 0.717) is 30.2 Å². The first kappa shape index (κ1) is 29.7. The fourth-order valence-corrected chi connectivity index (χ4v) is 4.85. The van der Waals surface area contributed by atoms with E-state index in [0.717, 1.165) is 15.6 Å². The van der Waals surface area contributed by atoms with E-state index < -0.39 is 17.9 Å². The normalized spacial score (nSPS) is 18.3. The number of benzene rings is 3. The van der Waals surface area contributed by atoms with Crippen molar-refractivity contribution in [1.29, 1.82) is 0 Å². The number of ether oxygens (including phenoxy) is 4. The minimum atomic E-state index is -1.35. The van der Waals surface area contributed by atoms with Gasteiger partial charge in [-0.05, 0) is 41.5 Å². The summed E-state index contributed by atoms with van der Waals surface area (Å²) in [6.45, 7) is 0.714. The summed E-state index contributed by atoms with van der Waals surface area (Å²) in [5.74, 6) is 0.661. The van der Waals surface area contributed by atoms with Crippen molar-refractivity contribution < 1.29 is 28.8 Å². The molecule has 40 heavy (non-hydrogen) atoms. The van der Waals surface area contributed by atoms with Gasteiger partial charge in [0.25, 0.3) is 5.91 Å². The van der Waals surface area contributed by atoms with Crippen molar-refractivity contribution in [2.75, 3.05) is 34.0 Å². The molecule has 0 unspecified atom stereocenters. The second kappa shape index (κ2) is 14.4. The number of carbonyl (C=O) groups is 1. The van der Waals surface area contributed by atoms with Crippen LogP contribution in [0.2, 0.25) is 0 Å². The highest BCUT2D eigenvalue weighted by Crippen LogP contribution is 2.43. The van der Waals surface area contributed by atoms with Crippen LogP contribution in [-0.2, 0) is 25.4 Å². The van der Waals surface area contributed by atoms with Crippen LogP contribution in [-0.4, -0.2) is 62.7 Å². The SMILES string of the molecule is COC(CNNC(=O)[C@@]1(Cc2ccccc2Br)N=C(c2ccc(OCCCO)cc2)O[C@H]1c1ccccc1)OC. The Hall–Kier alpha value is -3.28. The molecule has 3 aromatic carbocycles. The molecule has 2 atom stereocenters. The van der Waals surface area contributed by atoms with Gasteiger partial charge in [0.2, 0.25) is 5.90 Å². The molecule has 212 valence electrons. The zero-order valence-electron chi connectivity index (χ0n) is 22.5. The molecule has 3 N–H and O–H groups in total. The Morgan fingerprint density at radius 2 is 1.75 bits per heavy atom. The summed E-state index contributed by atoms with van der Waals surface area (Å²) in [7, 11) is 3.06. The van der Waals surface area contributed by atoms with E-state index in [4.69, 9.17) is 29.0 Å². The van der Waals surface area contributed by atoms with Crippen LogP contribution in [0, 0.1) is 0 Å². The van der Waals surface area contributed by atoms with Gasteiger partial charge in [0.1, 0.15) is 5.75 Å². The lowest BCUT2D eigenvalue weighted by atomic mass is 9.82. The van der Waals surface area contributed by atoms with E-state index in [2.05, 4.69) is 26.8 Å². The summed E-state index contributed by atoms with van der Waals surface area (Å²) in [6, 6.07) is 24.7. The minimum Gasteiger partial charge on any atom is -0.494 e. The monoisotopic (exact) mass is 611 g/mol. The number of hydrazine groups is 1. The summed E-state index contributed by atoms with van der Waals surface area (Å²) in [4.78, 5) is 19.1. The lowest BCUT2D eigenvalue weighted by Gasteiger charge is -2.31. The molecule has 0 aromatic heterocycles. The molecule has 0 spiro atoms. The van der Waals surface area contributed by atoms with Gasteiger partial charge in [-0.25, -0.2) is 10.4 Å². The number of aliphatic imine (C=N–C) groups is 1. The Kier molecular flexibility index (Phi) is 10.7. The highest BCUT2D eigenvalue weighted by Gasteiger charge is 2.53. The Labute approximate surface area is 242 Å². The minimum absolute atomic E-state index is 0.0672. The highest BCUT2D eigenvalue weighted by molar-refractivity contribution is 9.10. The maximum absolute atomic E-state index is 14.1. The van der Waals surface area contributed by atoms with Gasteiger partial charge in [-0.1, -0.05) is 64.5 Å².